The Hall–Kier alpha value is -3.89. The highest BCUT2D eigenvalue weighted by Crippen LogP contribution is 2.30. The van der Waals surface area contributed by atoms with Gasteiger partial charge in [0.25, 0.3) is 0 Å². The summed E-state index contributed by atoms with van der Waals surface area (Å²) in [6, 6.07) is 0.723. The van der Waals surface area contributed by atoms with Crippen molar-refractivity contribution in [2.45, 2.75) is 135 Å². The lowest BCUT2D eigenvalue weighted by Crippen LogP contribution is -2.49. The fourth-order valence-corrected chi connectivity index (χ4v) is 7.43. The molecule has 298 valence electrons. The van der Waals surface area contributed by atoms with E-state index >= 15 is 0 Å². The molecule has 1 aliphatic carbocycles. The van der Waals surface area contributed by atoms with Crippen molar-refractivity contribution in [3.05, 3.63) is 18.2 Å². The minimum atomic E-state index is -0.526. The predicted octanol–water partition coefficient (Wildman–Crippen LogP) is 4.18. The van der Waals surface area contributed by atoms with Crippen molar-refractivity contribution < 1.29 is 19.1 Å². The number of aromatic nitrogens is 7. The van der Waals surface area contributed by atoms with E-state index in [1.807, 2.05) is 41.1 Å². The van der Waals surface area contributed by atoms with Gasteiger partial charge in [0, 0.05) is 58.2 Å². The van der Waals surface area contributed by atoms with Gasteiger partial charge >= 0.3 is 5.97 Å². The Morgan fingerprint density at radius 1 is 0.926 bits per heavy atom. The van der Waals surface area contributed by atoms with Crippen LogP contribution in [-0.4, -0.2) is 115 Å². The summed E-state index contributed by atoms with van der Waals surface area (Å²) in [7, 11) is 0. The topological polar surface area (TPSA) is 169 Å². The summed E-state index contributed by atoms with van der Waals surface area (Å²) in [5, 5.41) is 19.5. The lowest BCUT2D eigenvalue weighted by molar-refractivity contribution is -0.154. The molecule has 3 fully saturated rings. The van der Waals surface area contributed by atoms with Gasteiger partial charge in [-0.3, -0.25) is 18.8 Å². The zero-order chi connectivity index (χ0) is 37.8. The van der Waals surface area contributed by atoms with Gasteiger partial charge in [0.05, 0.1) is 19.1 Å². The number of nitrogens with one attached hydrogen (secondary N) is 3. The van der Waals surface area contributed by atoms with Gasteiger partial charge in [-0.2, -0.15) is 9.97 Å². The number of ether oxygens (including phenoxy) is 2. The van der Waals surface area contributed by atoms with Crippen molar-refractivity contribution in [3.8, 4) is 0 Å². The quantitative estimate of drug-likeness (QED) is 0.125. The number of piperazine rings is 1. The van der Waals surface area contributed by atoms with Gasteiger partial charge < -0.3 is 35.2 Å². The van der Waals surface area contributed by atoms with Crippen LogP contribution in [0.2, 0.25) is 0 Å². The Morgan fingerprint density at radius 3 is 2.50 bits per heavy atom. The van der Waals surface area contributed by atoms with E-state index in [1.165, 1.54) is 32.1 Å². The molecule has 16 nitrogen and oxygen atoms in total. The monoisotopic (exact) mass is 751 g/mol. The highest BCUT2D eigenvalue weighted by Gasteiger charge is 2.27. The van der Waals surface area contributed by atoms with E-state index in [4.69, 9.17) is 24.4 Å². The number of anilines is 2. The van der Waals surface area contributed by atoms with Crippen LogP contribution in [-0.2, 0) is 32.2 Å². The lowest BCUT2D eigenvalue weighted by Gasteiger charge is -2.35. The normalized spacial score (nSPS) is 18.7. The highest BCUT2D eigenvalue weighted by atomic mass is 16.6. The zero-order valence-corrected chi connectivity index (χ0v) is 32.7. The third-order valence-corrected chi connectivity index (χ3v) is 10.3. The average molecular weight is 751 g/mol. The van der Waals surface area contributed by atoms with Crippen molar-refractivity contribution in [3.63, 3.8) is 0 Å². The van der Waals surface area contributed by atoms with Gasteiger partial charge in [-0.05, 0) is 91.8 Å². The smallest absolute Gasteiger partial charge is 0.306 e. The highest BCUT2D eigenvalue weighted by molar-refractivity contribution is 5.84. The number of rotatable bonds is 18. The molecule has 6 rings (SSSR count). The third kappa shape index (κ3) is 11.8. The molecule has 2 saturated heterocycles. The van der Waals surface area contributed by atoms with Crippen molar-refractivity contribution in [2.75, 3.05) is 62.6 Å². The molecule has 16 heteroatoms. The molecule has 0 radical (unpaired) electrons. The summed E-state index contributed by atoms with van der Waals surface area (Å²) < 4.78 is 15.4. The van der Waals surface area contributed by atoms with E-state index in [0.29, 0.717) is 69.5 Å². The van der Waals surface area contributed by atoms with Crippen molar-refractivity contribution >= 4 is 34.8 Å². The van der Waals surface area contributed by atoms with Crippen LogP contribution < -0.4 is 20.9 Å². The van der Waals surface area contributed by atoms with Gasteiger partial charge in [0.1, 0.15) is 17.5 Å². The van der Waals surface area contributed by atoms with Gasteiger partial charge in [-0.1, -0.05) is 24.5 Å². The summed E-state index contributed by atoms with van der Waals surface area (Å²) >= 11 is 0. The number of fused-ring (bicyclic) bond motifs is 1. The van der Waals surface area contributed by atoms with E-state index in [1.54, 1.807) is 6.33 Å². The number of nitrogens with zero attached hydrogens (tertiary/aromatic N) is 9. The summed E-state index contributed by atoms with van der Waals surface area (Å²) in [6.07, 6.45) is 16.6. The van der Waals surface area contributed by atoms with Crippen LogP contribution in [0.5, 0.6) is 0 Å². The molecule has 1 amide bonds. The Bertz CT molecular complexity index is 1620. The lowest BCUT2D eigenvalue weighted by atomic mass is 9.95. The number of esters is 1. The molecule has 3 aromatic heterocycles. The van der Waals surface area contributed by atoms with Gasteiger partial charge in [0.15, 0.2) is 17.0 Å². The number of aryl methyl sites for hydroxylation is 1. The Balaban J connectivity index is 1.00. The van der Waals surface area contributed by atoms with E-state index in [9.17, 15) is 9.59 Å². The summed E-state index contributed by atoms with van der Waals surface area (Å²) in [5.74, 6) is 0.986. The maximum Gasteiger partial charge on any atom is 0.306 e. The maximum absolute atomic E-state index is 13.0. The van der Waals surface area contributed by atoms with E-state index in [0.717, 1.165) is 75.7 Å². The minimum Gasteiger partial charge on any atom is -0.460 e. The van der Waals surface area contributed by atoms with Crippen molar-refractivity contribution in [1.29, 1.82) is 0 Å². The van der Waals surface area contributed by atoms with Crippen LogP contribution >= 0.6 is 0 Å². The largest absolute Gasteiger partial charge is 0.460 e. The zero-order valence-electron chi connectivity index (χ0n) is 32.7. The Labute approximate surface area is 319 Å². The predicted molar refractivity (Wildman–Crippen MR) is 207 cm³/mol. The van der Waals surface area contributed by atoms with E-state index in [2.05, 4.69) is 31.2 Å². The molecular weight excluding hydrogens is 688 g/mol. The van der Waals surface area contributed by atoms with Crippen molar-refractivity contribution in [1.82, 2.24) is 50.0 Å². The minimum absolute atomic E-state index is 0.0476. The van der Waals surface area contributed by atoms with Crippen LogP contribution in [0.25, 0.3) is 11.2 Å². The van der Waals surface area contributed by atoms with Crippen LogP contribution in [0.3, 0.4) is 0 Å². The molecule has 1 atom stereocenters. The standard InChI is InChI=1S/C38H62N12O4/c1-38(2,3)54-33(52)16-9-14-31(51)47-21-23-48(24-22-47)37-43-35(34-36(44-37)50(28-42-34)32-15-7-8-25-53-32)41-26-30-27-49(46-45-30)20-11-18-39-17-10-19-40-29-12-5-4-6-13-29/h27-29,32,39-40H,4-26H2,1-3H3,(H,41,43,44). The molecule has 3 aromatic rings. The van der Waals surface area contributed by atoms with Crippen LogP contribution in [0.15, 0.2) is 12.5 Å². The van der Waals surface area contributed by atoms with E-state index < -0.39 is 5.60 Å². The second-order valence-electron chi connectivity index (χ2n) is 15.9. The van der Waals surface area contributed by atoms with Gasteiger partial charge in [-0.15, -0.1) is 5.10 Å². The first-order chi connectivity index (χ1) is 26.2. The molecule has 1 saturated carbocycles. The maximum atomic E-state index is 13.0. The van der Waals surface area contributed by atoms with E-state index in [-0.39, 0.29) is 24.5 Å². The van der Waals surface area contributed by atoms with Crippen LogP contribution in [0.1, 0.15) is 116 Å². The summed E-state index contributed by atoms with van der Waals surface area (Å²) in [5.41, 5.74) is 1.69. The second kappa shape index (κ2) is 19.6. The molecule has 54 heavy (non-hydrogen) atoms. The fraction of sp³-hybridized carbons (Fsp3) is 0.763. The number of amides is 1. The second-order valence-corrected chi connectivity index (χ2v) is 15.9. The molecule has 5 heterocycles. The Kier molecular flexibility index (Phi) is 14.5. The fourth-order valence-electron chi connectivity index (χ4n) is 7.43. The molecule has 0 bridgehead atoms. The van der Waals surface area contributed by atoms with Crippen molar-refractivity contribution in [2.24, 2.45) is 0 Å². The van der Waals surface area contributed by atoms with Crippen LogP contribution in [0, 0.1) is 0 Å². The first kappa shape index (κ1) is 39.8. The SMILES string of the molecule is CC(C)(C)OC(=O)CCCC(=O)N1CCN(c2nc(NCc3cn(CCCNCCCNC4CCCCC4)nn3)c3ncn(C4CCCCO4)c3n2)CC1. The van der Waals surface area contributed by atoms with Crippen LogP contribution in [0.4, 0.5) is 11.8 Å². The number of hydrogen-bond donors (Lipinski definition) is 3. The number of carbonyl (C=O) groups is 2. The molecule has 0 spiro atoms. The number of carbonyl (C=O) groups excluding carboxylic acids is 2. The number of imidazole rings is 1. The summed E-state index contributed by atoms with van der Waals surface area (Å²) in [6.45, 7) is 12.8. The van der Waals surface area contributed by atoms with Gasteiger partial charge in [-0.25, -0.2) is 4.98 Å². The number of hydrogen-bond acceptors (Lipinski definition) is 13. The molecule has 3 N–H and O–H groups in total. The first-order valence-electron chi connectivity index (χ1n) is 20.4. The molecular formula is C38H62N12O4. The Morgan fingerprint density at radius 2 is 1.72 bits per heavy atom. The summed E-state index contributed by atoms with van der Waals surface area (Å²) in [4.78, 5) is 43.7. The molecule has 3 aliphatic rings. The molecule has 1 unspecified atom stereocenters. The third-order valence-electron chi connectivity index (χ3n) is 10.3. The molecule has 0 aromatic carbocycles. The van der Waals surface area contributed by atoms with Gasteiger partial charge in [0.2, 0.25) is 11.9 Å². The average Bonchev–Trinajstić information content (AvgIpc) is 3.82. The first-order valence-corrected chi connectivity index (χ1v) is 20.4. The molecule has 2 aliphatic heterocycles.